The van der Waals surface area contributed by atoms with Gasteiger partial charge >= 0.3 is 0 Å². The predicted molar refractivity (Wildman–Crippen MR) is 75.0 cm³/mol. The van der Waals surface area contributed by atoms with Crippen molar-refractivity contribution in [3.8, 4) is 0 Å². The van der Waals surface area contributed by atoms with Crippen molar-refractivity contribution in [2.24, 2.45) is 7.05 Å². The van der Waals surface area contributed by atoms with Crippen LogP contribution in [-0.4, -0.2) is 46.9 Å². The van der Waals surface area contributed by atoms with E-state index in [0.717, 1.165) is 5.69 Å². The number of carbonyl (C=O) groups is 1. The Hall–Kier alpha value is -1.56. The first-order valence-corrected chi connectivity index (χ1v) is 6.59. The lowest BCUT2D eigenvalue weighted by atomic mass is 10.2. The van der Waals surface area contributed by atoms with Crippen LogP contribution in [0.2, 0.25) is 0 Å². The number of nitrogen functional groups attached to an aromatic ring is 1. The number of likely N-dealkylation sites (N-methyl/N-ethyl adjacent to an activating group) is 1. The van der Waals surface area contributed by atoms with Crippen LogP contribution in [0.5, 0.6) is 0 Å². The van der Waals surface area contributed by atoms with Crippen molar-refractivity contribution >= 4 is 11.6 Å². The van der Waals surface area contributed by atoms with E-state index in [1.54, 1.807) is 23.7 Å². The standard InChI is InChI=1S/C13H24N4O2/c1-6-10-11(14)12(16(4)15-10)13(18)17(7-2)9(3)8-19-5/h9H,6-8,14H2,1-5H3. The van der Waals surface area contributed by atoms with Crippen molar-refractivity contribution in [1.82, 2.24) is 14.7 Å². The molecular formula is C13H24N4O2. The average molecular weight is 268 g/mol. The number of anilines is 1. The molecule has 0 spiro atoms. The maximum Gasteiger partial charge on any atom is 0.274 e. The zero-order valence-corrected chi connectivity index (χ0v) is 12.4. The first-order valence-electron chi connectivity index (χ1n) is 6.59. The lowest BCUT2D eigenvalue weighted by Gasteiger charge is -2.27. The molecule has 0 fully saturated rings. The van der Waals surface area contributed by atoms with Gasteiger partial charge in [0.15, 0.2) is 0 Å². The van der Waals surface area contributed by atoms with Crippen LogP contribution >= 0.6 is 0 Å². The van der Waals surface area contributed by atoms with Crippen LogP contribution in [0, 0.1) is 0 Å². The van der Waals surface area contributed by atoms with Crippen LogP contribution in [0.25, 0.3) is 0 Å². The van der Waals surface area contributed by atoms with E-state index in [0.29, 0.717) is 31.0 Å². The van der Waals surface area contributed by atoms with Crippen LogP contribution in [0.4, 0.5) is 5.69 Å². The molecule has 1 aromatic rings. The zero-order chi connectivity index (χ0) is 14.6. The molecule has 2 N–H and O–H groups in total. The fraction of sp³-hybridized carbons (Fsp3) is 0.692. The van der Waals surface area contributed by atoms with E-state index in [-0.39, 0.29) is 11.9 Å². The third kappa shape index (κ3) is 3.07. The normalized spacial score (nSPS) is 12.5. The Morgan fingerprint density at radius 3 is 2.58 bits per heavy atom. The number of amides is 1. The monoisotopic (exact) mass is 268 g/mol. The van der Waals surface area contributed by atoms with Gasteiger partial charge in [-0.1, -0.05) is 6.92 Å². The molecule has 1 amide bonds. The Morgan fingerprint density at radius 1 is 1.53 bits per heavy atom. The number of nitrogens with zero attached hydrogens (tertiary/aromatic N) is 3. The lowest BCUT2D eigenvalue weighted by molar-refractivity contribution is 0.0570. The summed E-state index contributed by atoms with van der Waals surface area (Å²) >= 11 is 0. The van der Waals surface area contributed by atoms with Crippen molar-refractivity contribution in [2.45, 2.75) is 33.2 Å². The molecule has 0 radical (unpaired) electrons. The molecule has 6 heteroatoms. The first-order chi connectivity index (χ1) is 8.97. The smallest absolute Gasteiger partial charge is 0.274 e. The van der Waals surface area contributed by atoms with Crippen molar-refractivity contribution < 1.29 is 9.53 Å². The van der Waals surface area contributed by atoms with Gasteiger partial charge in [0.2, 0.25) is 0 Å². The van der Waals surface area contributed by atoms with Crippen molar-refractivity contribution in [3.63, 3.8) is 0 Å². The number of aryl methyl sites for hydroxylation is 2. The molecule has 108 valence electrons. The number of ether oxygens (including phenoxy) is 1. The Morgan fingerprint density at radius 2 is 2.16 bits per heavy atom. The van der Waals surface area contributed by atoms with E-state index in [9.17, 15) is 4.79 Å². The van der Waals surface area contributed by atoms with Crippen LogP contribution in [0.15, 0.2) is 0 Å². The molecule has 1 unspecified atom stereocenters. The molecule has 0 aliphatic heterocycles. The van der Waals surface area contributed by atoms with Gasteiger partial charge in [0.05, 0.1) is 24.0 Å². The van der Waals surface area contributed by atoms with E-state index >= 15 is 0 Å². The molecule has 1 rings (SSSR count). The van der Waals surface area contributed by atoms with E-state index in [2.05, 4.69) is 5.10 Å². The zero-order valence-electron chi connectivity index (χ0n) is 12.4. The van der Waals surface area contributed by atoms with E-state index in [1.165, 1.54) is 0 Å². The Balaban J connectivity index is 3.07. The highest BCUT2D eigenvalue weighted by atomic mass is 16.5. The molecule has 0 saturated heterocycles. The minimum atomic E-state index is -0.0979. The molecule has 0 bridgehead atoms. The van der Waals surface area contributed by atoms with Crippen molar-refractivity contribution in [1.29, 1.82) is 0 Å². The summed E-state index contributed by atoms with van der Waals surface area (Å²) in [6.45, 7) is 6.97. The van der Waals surface area contributed by atoms with Gasteiger partial charge in [0, 0.05) is 20.7 Å². The molecule has 1 atom stereocenters. The SMILES string of the molecule is CCc1nn(C)c(C(=O)N(CC)C(C)COC)c1N. The summed E-state index contributed by atoms with van der Waals surface area (Å²) in [6, 6.07) is 0.00174. The number of aromatic nitrogens is 2. The maximum absolute atomic E-state index is 12.6. The molecule has 0 aromatic carbocycles. The van der Waals surface area contributed by atoms with Gasteiger partial charge < -0.3 is 15.4 Å². The molecule has 19 heavy (non-hydrogen) atoms. The number of methoxy groups -OCH3 is 1. The third-order valence-corrected chi connectivity index (χ3v) is 3.24. The number of hydrogen-bond donors (Lipinski definition) is 1. The summed E-state index contributed by atoms with van der Waals surface area (Å²) in [5.74, 6) is -0.0979. The Kier molecular flexibility index (Phi) is 5.35. The minimum absolute atomic E-state index is 0.00174. The molecule has 0 aliphatic rings. The Bertz CT molecular complexity index is 442. The minimum Gasteiger partial charge on any atom is -0.395 e. The van der Waals surface area contributed by atoms with E-state index in [1.807, 2.05) is 20.8 Å². The second-order valence-electron chi connectivity index (χ2n) is 4.58. The van der Waals surface area contributed by atoms with Crippen LogP contribution in [0.1, 0.15) is 37.0 Å². The third-order valence-electron chi connectivity index (χ3n) is 3.24. The van der Waals surface area contributed by atoms with Gasteiger partial charge in [0.1, 0.15) is 5.69 Å². The molecule has 1 aromatic heterocycles. The predicted octanol–water partition coefficient (Wildman–Crippen LogP) is 1.06. The number of hydrogen-bond acceptors (Lipinski definition) is 4. The molecule has 1 heterocycles. The summed E-state index contributed by atoms with van der Waals surface area (Å²) in [4.78, 5) is 14.3. The van der Waals surface area contributed by atoms with Crippen LogP contribution in [0.3, 0.4) is 0 Å². The highest BCUT2D eigenvalue weighted by Crippen LogP contribution is 2.19. The summed E-state index contributed by atoms with van der Waals surface area (Å²) in [5, 5.41) is 4.28. The largest absolute Gasteiger partial charge is 0.395 e. The summed E-state index contributed by atoms with van der Waals surface area (Å²) < 4.78 is 6.68. The summed E-state index contributed by atoms with van der Waals surface area (Å²) in [5.41, 5.74) is 7.73. The summed E-state index contributed by atoms with van der Waals surface area (Å²) in [7, 11) is 3.38. The van der Waals surface area contributed by atoms with Gasteiger partial charge in [0.25, 0.3) is 5.91 Å². The average Bonchev–Trinajstić information content (AvgIpc) is 2.65. The maximum atomic E-state index is 12.6. The topological polar surface area (TPSA) is 73.4 Å². The summed E-state index contributed by atoms with van der Waals surface area (Å²) in [6.07, 6.45) is 0.715. The van der Waals surface area contributed by atoms with Crippen LogP contribution < -0.4 is 5.73 Å². The number of nitrogens with two attached hydrogens (primary N) is 1. The Labute approximate surface area is 114 Å². The quantitative estimate of drug-likeness (QED) is 0.837. The number of rotatable bonds is 6. The molecule has 0 aliphatic carbocycles. The molecule has 6 nitrogen and oxygen atoms in total. The van der Waals surface area contributed by atoms with Gasteiger partial charge in [-0.15, -0.1) is 0 Å². The molecule has 0 saturated carbocycles. The lowest BCUT2D eigenvalue weighted by Crippen LogP contribution is -2.41. The second-order valence-corrected chi connectivity index (χ2v) is 4.58. The highest BCUT2D eigenvalue weighted by Gasteiger charge is 2.26. The fourth-order valence-corrected chi connectivity index (χ4v) is 2.23. The second kappa shape index (κ2) is 6.56. The fourth-order valence-electron chi connectivity index (χ4n) is 2.23. The number of carbonyl (C=O) groups excluding carboxylic acids is 1. The molecular weight excluding hydrogens is 244 g/mol. The van der Waals surface area contributed by atoms with Crippen molar-refractivity contribution in [3.05, 3.63) is 11.4 Å². The first kappa shape index (κ1) is 15.5. The van der Waals surface area contributed by atoms with Gasteiger partial charge in [-0.2, -0.15) is 5.10 Å². The van der Waals surface area contributed by atoms with E-state index in [4.69, 9.17) is 10.5 Å². The van der Waals surface area contributed by atoms with Gasteiger partial charge in [-0.25, -0.2) is 0 Å². The van der Waals surface area contributed by atoms with Gasteiger partial charge in [-0.05, 0) is 20.3 Å². The van der Waals surface area contributed by atoms with Gasteiger partial charge in [-0.3, -0.25) is 9.48 Å². The van der Waals surface area contributed by atoms with E-state index < -0.39 is 0 Å². The van der Waals surface area contributed by atoms with Crippen molar-refractivity contribution in [2.75, 3.05) is 26.0 Å². The highest BCUT2D eigenvalue weighted by molar-refractivity contribution is 5.98. The van der Waals surface area contributed by atoms with Crippen LogP contribution in [-0.2, 0) is 18.2 Å².